The molecule has 172 valence electrons. The lowest BCUT2D eigenvalue weighted by molar-refractivity contribution is -0.127. The van der Waals surface area contributed by atoms with Crippen LogP contribution in [0.3, 0.4) is 0 Å². The third kappa shape index (κ3) is 3.98. The van der Waals surface area contributed by atoms with E-state index >= 15 is 0 Å². The Morgan fingerprint density at radius 1 is 1.28 bits per heavy atom. The molecule has 0 aliphatic carbocycles. The number of hydrogen-bond acceptors (Lipinski definition) is 5. The number of carbonyl (C=O) groups is 1. The number of carbonyl (C=O) groups excluding carboxylic acids is 1. The zero-order valence-electron chi connectivity index (χ0n) is 18.8. The number of amides is 1. The molecule has 3 heterocycles. The number of aliphatic hydroxyl groups is 1. The number of aliphatic hydroxyl groups excluding tert-OH is 1. The summed E-state index contributed by atoms with van der Waals surface area (Å²) in [5, 5.41) is 13.2. The molecule has 2 aliphatic rings. The van der Waals surface area contributed by atoms with E-state index in [2.05, 4.69) is 10.2 Å². The maximum absolute atomic E-state index is 13.7. The van der Waals surface area contributed by atoms with Crippen molar-refractivity contribution in [3.8, 4) is 11.1 Å². The van der Waals surface area contributed by atoms with Crippen molar-refractivity contribution in [2.45, 2.75) is 25.0 Å². The molecule has 0 spiro atoms. The first-order valence-corrected chi connectivity index (χ1v) is 11.1. The number of halogens is 1. The Kier molecular flexibility index (Phi) is 6.46. The Bertz CT molecular complexity index is 1050. The van der Waals surface area contributed by atoms with Crippen LogP contribution in [0.1, 0.15) is 18.2 Å². The predicted octanol–water partition coefficient (Wildman–Crippen LogP) is 1.32. The molecular weight excluding hydrogens is 411 g/mol. The van der Waals surface area contributed by atoms with E-state index in [1.54, 1.807) is 22.8 Å². The molecule has 1 amide bonds. The van der Waals surface area contributed by atoms with Crippen molar-refractivity contribution >= 4 is 5.91 Å². The highest BCUT2D eigenvalue weighted by atomic mass is 19.1. The summed E-state index contributed by atoms with van der Waals surface area (Å²) < 4.78 is 15.4. The molecular formula is C24H31FN4O3. The highest BCUT2D eigenvalue weighted by molar-refractivity contribution is 5.82. The van der Waals surface area contributed by atoms with Crippen LogP contribution < -0.4 is 10.9 Å². The van der Waals surface area contributed by atoms with Gasteiger partial charge in [0.05, 0.1) is 12.1 Å². The van der Waals surface area contributed by atoms with Gasteiger partial charge in [-0.05, 0) is 63.9 Å². The number of pyridine rings is 1. The van der Waals surface area contributed by atoms with E-state index in [-0.39, 0.29) is 41.8 Å². The Morgan fingerprint density at radius 2 is 2.06 bits per heavy atom. The van der Waals surface area contributed by atoms with E-state index in [1.807, 2.05) is 32.1 Å². The lowest BCUT2D eigenvalue weighted by Crippen LogP contribution is -2.47. The number of fused-ring (bicyclic) bond motifs is 3. The summed E-state index contributed by atoms with van der Waals surface area (Å²) >= 11 is 0. The van der Waals surface area contributed by atoms with E-state index in [4.69, 9.17) is 0 Å². The van der Waals surface area contributed by atoms with Gasteiger partial charge in [-0.25, -0.2) is 4.39 Å². The summed E-state index contributed by atoms with van der Waals surface area (Å²) in [6, 6.07) is 9.09. The molecule has 1 aromatic heterocycles. The highest BCUT2D eigenvalue weighted by Gasteiger charge is 2.54. The van der Waals surface area contributed by atoms with Crippen LogP contribution in [-0.2, 0) is 11.3 Å². The second-order valence-corrected chi connectivity index (χ2v) is 9.11. The largest absolute Gasteiger partial charge is 0.396 e. The van der Waals surface area contributed by atoms with E-state index < -0.39 is 6.04 Å². The van der Waals surface area contributed by atoms with Gasteiger partial charge in [0, 0.05) is 42.8 Å². The van der Waals surface area contributed by atoms with Crippen LogP contribution in [-0.4, -0.2) is 72.3 Å². The third-order valence-electron chi connectivity index (χ3n) is 6.84. The van der Waals surface area contributed by atoms with Gasteiger partial charge in [0.2, 0.25) is 5.91 Å². The first-order chi connectivity index (χ1) is 15.3. The molecule has 4 atom stereocenters. The van der Waals surface area contributed by atoms with Crippen molar-refractivity contribution in [1.82, 2.24) is 19.7 Å². The van der Waals surface area contributed by atoms with Gasteiger partial charge in [0.25, 0.3) is 5.56 Å². The summed E-state index contributed by atoms with van der Waals surface area (Å²) in [6.45, 7) is 1.78. The number of aromatic nitrogens is 1. The van der Waals surface area contributed by atoms with Crippen LogP contribution in [0.15, 0.2) is 41.2 Å². The van der Waals surface area contributed by atoms with Gasteiger partial charge in [-0.3, -0.25) is 14.5 Å². The Morgan fingerprint density at radius 3 is 2.75 bits per heavy atom. The fourth-order valence-corrected chi connectivity index (χ4v) is 5.36. The van der Waals surface area contributed by atoms with Crippen LogP contribution in [0.5, 0.6) is 0 Å². The molecule has 7 nitrogen and oxygen atoms in total. The van der Waals surface area contributed by atoms with Gasteiger partial charge >= 0.3 is 0 Å². The van der Waals surface area contributed by atoms with E-state index in [1.165, 1.54) is 12.1 Å². The van der Waals surface area contributed by atoms with Crippen LogP contribution >= 0.6 is 0 Å². The minimum absolute atomic E-state index is 0.0435. The zero-order chi connectivity index (χ0) is 23.0. The topological polar surface area (TPSA) is 77.8 Å². The number of benzene rings is 1. The lowest BCUT2D eigenvalue weighted by atomic mass is 9.88. The standard InChI is InChI=1S/C24H31FN4O3/c1-27(2)11-5-10-26-23(31)22-19(14-30)18-13-29-20(21(18)28(22)3)9-8-17(24(29)32)15-6-4-7-16(25)12-15/h4,6-9,12,18-19,21-22,30H,5,10-11,13-14H2,1-3H3,(H,26,31)/t18-,19-,21+,22-/m0/s1. The average Bonchev–Trinajstić information content (AvgIpc) is 3.26. The minimum atomic E-state index is -0.443. The number of hydrogen-bond donors (Lipinski definition) is 2. The van der Waals surface area contributed by atoms with E-state index in [0.717, 1.165) is 18.7 Å². The lowest BCUT2D eigenvalue weighted by Gasteiger charge is -2.27. The third-order valence-corrected chi connectivity index (χ3v) is 6.84. The van der Waals surface area contributed by atoms with Crippen molar-refractivity contribution in [3.05, 3.63) is 58.3 Å². The number of nitrogens with one attached hydrogen (secondary N) is 1. The molecule has 0 unspecified atom stereocenters. The fraction of sp³-hybridized carbons (Fsp3) is 0.500. The van der Waals surface area contributed by atoms with Crippen molar-refractivity contribution in [3.63, 3.8) is 0 Å². The normalized spacial score (nSPS) is 24.6. The minimum Gasteiger partial charge on any atom is -0.396 e. The maximum Gasteiger partial charge on any atom is 0.258 e. The molecule has 2 aliphatic heterocycles. The Labute approximate surface area is 187 Å². The summed E-state index contributed by atoms with van der Waals surface area (Å²) in [5.41, 5.74) is 1.66. The first kappa shape index (κ1) is 22.6. The smallest absolute Gasteiger partial charge is 0.258 e. The van der Waals surface area contributed by atoms with Gasteiger partial charge in [-0.1, -0.05) is 12.1 Å². The quantitative estimate of drug-likeness (QED) is 0.633. The van der Waals surface area contributed by atoms with Crippen LogP contribution in [0, 0.1) is 17.7 Å². The molecule has 0 saturated carbocycles. The number of likely N-dealkylation sites (tertiary alicyclic amines) is 1. The SMILES string of the molecule is CN(C)CCCNC(=O)[C@@H]1[C@@H](CO)[C@@H]2Cn3c(ccc(-c4cccc(F)c4)c3=O)[C@@H]2N1C. The second kappa shape index (κ2) is 9.13. The number of rotatable bonds is 7. The summed E-state index contributed by atoms with van der Waals surface area (Å²) in [7, 11) is 5.88. The van der Waals surface area contributed by atoms with Gasteiger partial charge in [0.1, 0.15) is 5.82 Å². The van der Waals surface area contributed by atoms with Gasteiger partial charge in [-0.2, -0.15) is 0 Å². The van der Waals surface area contributed by atoms with Crippen LogP contribution in [0.2, 0.25) is 0 Å². The summed E-state index contributed by atoms with van der Waals surface area (Å²) in [4.78, 5) is 30.3. The molecule has 1 saturated heterocycles. The molecule has 32 heavy (non-hydrogen) atoms. The first-order valence-electron chi connectivity index (χ1n) is 11.1. The molecule has 8 heteroatoms. The summed E-state index contributed by atoms with van der Waals surface area (Å²) in [5.74, 6) is -0.775. The zero-order valence-corrected chi connectivity index (χ0v) is 18.8. The average molecular weight is 443 g/mol. The van der Waals surface area contributed by atoms with Crippen LogP contribution in [0.4, 0.5) is 4.39 Å². The molecule has 2 N–H and O–H groups in total. The summed E-state index contributed by atoms with van der Waals surface area (Å²) in [6.07, 6.45) is 0.854. The molecule has 2 aromatic rings. The molecule has 1 aromatic carbocycles. The second-order valence-electron chi connectivity index (χ2n) is 9.11. The van der Waals surface area contributed by atoms with E-state index in [0.29, 0.717) is 24.2 Å². The van der Waals surface area contributed by atoms with E-state index in [9.17, 15) is 19.1 Å². The Balaban J connectivity index is 1.58. The monoisotopic (exact) mass is 442 g/mol. The number of likely N-dealkylation sites (N-methyl/N-ethyl adjacent to an activating group) is 1. The van der Waals surface area contributed by atoms with Crippen molar-refractivity contribution in [2.75, 3.05) is 40.8 Å². The van der Waals surface area contributed by atoms with Crippen molar-refractivity contribution in [2.24, 2.45) is 11.8 Å². The molecule has 0 radical (unpaired) electrons. The predicted molar refractivity (Wildman–Crippen MR) is 121 cm³/mol. The molecule has 4 rings (SSSR count). The van der Waals surface area contributed by atoms with Gasteiger partial charge in [-0.15, -0.1) is 0 Å². The van der Waals surface area contributed by atoms with Crippen molar-refractivity contribution in [1.29, 1.82) is 0 Å². The van der Waals surface area contributed by atoms with Gasteiger partial charge in [0.15, 0.2) is 0 Å². The Hall–Kier alpha value is -2.55. The molecule has 0 bridgehead atoms. The highest BCUT2D eigenvalue weighted by Crippen LogP contribution is 2.48. The number of nitrogens with zero attached hydrogens (tertiary/aromatic N) is 3. The van der Waals surface area contributed by atoms with Crippen LogP contribution in [0.25, 0.3) is 11.1 Å². The fourth-order valence-electron chi connectivity index (χ4n) is 5.36. The molecule has 1 fully saturated rings. The maximum atomic E-state index is 13.7. The van der Waals surface area contributed by atoms with Crippen molar-refractivity contribution < 1.29 is 14.3 Å². The van der Waals surface area contributed by atoms with Gasteiger partial charge < -0.3 is 19.9 Å².